The van der Waals surface area contributed by atoms with E-state index < -0.39 is 0 Å². The Bertz CT molecular complexity index is 183. The summed E-state index contributed by atoms with van der Waals surface area (Å²) in [6.45, 7) is 4.39. The van der Waals surface area contributed by atoms with E-state index in [1.807, 2.05) is 0 Å². The Kier molecular flexibility index (Phi) is 6.23. The third kappa shape index (κ3) is 3.99. The van der Waals surface area contributed by atoms with E-state index in [9.17, 15) is 5.11 Å². The lowest BCUT2D eigenvalue weighted by Gasteiger charge is -2.32. The van der Waals surface area contributed by atoms with E-state index in [0.717, 1.165) is 26.1 Å². The van der Waals surface area contributed by atoms with Crippen molar-refractivity contribution < 1.29 is 19.7 Å². The van der Waals surface area contributed by atoms with Crippen LogP contribution in [0.2, 0.25) is 0 Å². The van der Waals surface area contributed by atoms with Crippen molar-refractivity contribution in [2.24, 2.45) is 5.41 Å². The highest BCUT2D eigenvalue weighted by molar-refractivity contribution is 4.85. The molecule has 0 aromatic heterocycles. The maximum atomic E-state index is 9.46. The first-order valence-corrected chi connectivity index (χ1v) is 5.77. The second-order valence-corrected chi connectivity index (χ2v) is 4.45. The predicted molar refractivity (Wildman–Crippen MR) is 60.4 cm³/mol. The molecule has 96 valence electrons. The van der Waals surface area contributed by atoms with Crippen LogP contribution in [-0.4, -0.2) is 74.9 Å². The molecule has 0 amide bonds. The summed E-state index contributed by atoms with van der Waals surface area (Å²) in [6.07, 6.45) is 0.887. The predicted octanol–water partition coefficient (Wildman–Crippen LogP) is -0.674. The van der Waals surface area contributed by atoms with E-state index in [2.05, 4.69) is 4.90 Å². The summed E-state index contributed by atoms with van der Waals surface area (Å²) >= 11 is 0. The minimum Gasteiger partial charge on any atom is -0.396 e. The number of nitrogens with zero attached hydrogens (tertiary/aromatic N) is 1. The van der Waals surface area contributed by atoms with Crippen LogP contribution in [0.4, 0.5) is 0 Å². The van der Waals surface area contributed by atoms with Crippen LogP contribution < -0.4 is 0 Å². The van der Waals surface area contributed by atoms with Gasteiger partial charge in [-0.3, -0.25) is 4.90 Å². The fraction of sp³-hybridized carbons (Fsp3) is 1.00. The summed E-state index contributed by atoms with van der Waals surface area (Å²) in [5, 5.41) is 18.4. The first-order valence-electron chi connectivity index (χ1n) is 5.77. The molecular weight excluding hydrogens is 210 g/mol. The van der Waals surface area contributed by atoms with Crippen molar-refractivity contribution >= 4 is 0 Å². The molecule has 1 heterocycles. The second kappa shape index (κ2) is 7.19. The molecule has 1 saturated heterocycles. The van der Waals surface area contributed by atoms with Crippen LogP contribution in [0.15, 0.2) is 0 Å². The molecular formula is C11H23NO4. The third-order valence-corrected chi connectivity index (χ3v) is 3.11. The molecule has 1 aliphatic heterocycles. The van der Waals surface area contributed by atoms with Gasteiger partial charge in [-0.25, -0.2) is 0 Å². The highest BCUT2D eigenvalue weighted by Crippen LogP contribution is 2.28. The monoisotopic (exact) mass is 233 g/mol. The number of rotatable bonds is 8. The van der Waals surface area contributed by atoms with Crippen LogP contribution in [-0.2, 0) is 9.47 Å². The van der Waals surface area contributed by atoms with Gasteiger partial charge in [0, 0.05) is 38.8 Å². The lowest BCUT2D eigenvalue weighted by molar-refractivity contribution is 0.0406. The first-order chi connectivity index (χ1) is 7.76. The smallest absolute Gasteiger partial charge is 0.0589 e. The summed E-state index contributed by atoms with van der Waals surface area (Å²) < 4.78 is 10.4. The molecule has 1 unspecified atom stereocenters. The molecule has 1 fully saturated rings. The molecule has 0 aliphatic carbocycles. The van der Waals surface area contributed by atoms with Gasteiger partial charge < -0.3 is 19.7 Å². The Morgan fingerprint density at radius 3 is 2.69 bits per heavy atom. The van der Waals surface area contributed by atoms with Gasteiger partial charge in [-0.15, -0.1) is 0 Å². The lowest BCUT2D eigenvalue weighted by Crippen LogP contribution is -2.43. The molecule has 5 heteroatoms. The van der Waals surface area contributed by atoms with Gasteiger partial charge in [-0.05, 0) is 6.42 Å². The SMILES string of the molecule is COCCN(CCO)CC1(CO)CCOC1. The van der Waals surface area contributed by atoms with Crippen LogP contribution in [0.25, 0.3) is 0 Å². The number of hydrogen-bond acceptors (Lipinski definition) is 5. The van der Waals surface area contributed by atoms with E-state index in [1.165, 1.54) is 0 Å². The largest absolute Gasteiger partial charge is 0.396 e. The highest BCUT2D eigenvalue weighted by Gasteiger charge is 2.35. The van der Waals surface area contributed by atoms with Gasteiger partial charge in [-0.1, -0.05) is 0 Å². The molecule has 16 heavy (non-hydrogen) atoms. The summed E-state index contributed by atoms with van der Waals surface area (Å²) in [6, 6.07) is 0. The zero-order chi connectivity index (χ0) is 11.9. The van der Waals surface area contributed by atoms with Gasteiger partial charge in [0.2, 0.25) is 0 Å². The molecule has 2 N–H and O–H groups in total. The van der Waals surface area contributed by atoms with Crippen LogP contribution in [0.5, 0.6) is 0 Å². The summed E-state index contributed by atoms with van der Waals surface area (Å²) in [5.41, 5.74) is -0.150. The van der Waals surface area contributed by atoms with Gasteiger partial charge in [0.15, 0.2) is 0 Å². The summed E-state index contributed by atoms with van der Waals surface area (Å²) in [4.78, 5) is 2.12. The third-order valence-electron chi connectivity index (χ3n) is 3.11. The molecule has 0 aromatic carbocycles. The molecule has 1 atom stereocenters. The fourth-order valence-corrected chi connectivity index (χ4v) is 2.05. The summed E-state index contributed by atoms with van der Waals surface area (Å²) in [5.74, 6) is 0. The minimum absolute atomic E-state index is 0.131. The number of hydrogen-bond donors (Lipinski definition) is 2. The van der Waals surface area contributed by atoms with Gasteiger partial charge in [-0.2, -0.15) is 0 Å². The van der Waals surface area contributed by atoms with Crippen molar-refractivity contribution in [1.29, 1.82) is 0 Å². The van der Waals surface area contributed by atoms with Crippen molar-refractivity contribution in [3.63, 3.8) is 0 Å². The van der Waals surface area contributed by atoms with Gasteiger partial charge in [0.25, 0.3) is 0 Å². The van der Waals surface area contributed by atoms with Crippen molar-refractivity contribution in [3.8, 4) is 0 Å². The van der Waals surface area contributed by atoms with E-state index in [4.69, 9.17) is 14.6 Å². The van der Waals surface area contributed by atoms with Crippen molar-refractivity contribution in [3.05, 3.63) is 0 Å². The second-order valence-electron chi connectivity index (χ2n) is 4.45. The average molecular weight is 233 g/mol. The van der Waals surface area contributed by atoms with Gasteiger partial charge in [0.1, 0.15) is 0 Å². The molecule has 0 bridgehead atoms. The molecule has 0 aromatic rings. The van der Waals surface area contributed by atoms with Crippen molar-refractivity contribution in [2.45, 2.75) is 6.42 Å². The molecule has 1 aliphatic rings. The topological polar surface area (TPSA) is 62.2 Å². The van der Waals surface area contributed by atoms with Crippen LogP contribution in [0, 0.1) is 5.41 Å². The normalized spacial score (nSPS) is 25.5. The maximum absolute atomic E-state index is 9.46. The fourth-order valence-electron chi connectivity index (χ4n) is 2.05. The van der Waals surface area contributed by atoms with Crippen molar-refractivity contribution in [1.82, 2.24) is 4.90 Å². The Labute approximate surface area is 97.0 Å². The number of ether oxygens (including phenoxy) is 2. The van der Waals surface area contributed by atoms with E-state index in [-0.39, 0.29) is 18.6 Å². The molecule has 0 saturated carbocycles. The Balaban J connectivity index is 2.44. The quantitative estimate of drug-likeness (QED) is 0.582. The number of methoxy groups -OCH3 is 1. The van der Waals surface area contributed by atoms with E-state index >= 15 is 0 Å². The van der Waals surface area contributed by atoms with Crippen LogP contribution >= 0.6 is 0 Å². The number of aliphatic hydroxyl groups is 2. The van der Waals surface area contributed by atoms with Crippen molar-refractivity contribution in [2.75, 3.05) is 59.8 Å². The van der Waals surface area contributed by atoms with Gasteiger partial charge >= 0.3 is 0 Å². The Morgan fingerprint density at radius 1 is 1.38 bits per heavy atom. The molecule has 0 spiro atoms. The average Bonchev–Trinajstić information content (AvgIpc) is 2.75. The lowest BCUT2D eigenvalue weighted by atomic mass is 9.87. The molecule has 1 rings (SSSR count). The standard InChI is InChI=1S/C11H23NO4/c1-15-7-4-12(3-5-13)8-11(9-14)2-6-16-10-11/h13-14H,2-10H2,1H3. The highest BCUT2D eigenvalue weighted by atomic mass is 16.5. The van der Waals surface area contributed by atoms with Crippen LogP contribution in [0.1, 0.15) is 6.42 Å². The zero-order valence-electron chi connectivity index (χ0n) is 10.0. The Hall–Kier alpha value is -0.200. The summed E-state index contributed by atoms with van der Waals surface area (Å²) in [7, 11) is 1.66. The van der Waals surface area contributed by atoms with Crippen LogP contribution in [0.3, 0.4) is 0 Å². The number of aliphatic hydroxyl groups excluding tert-OH is 2. The molecule has 5 nitrogen and oxygen atoms in total. The Morgan fingerprint density at radius 2 is 2.19 bits per heavy atom. The zero-order valence-corrected chi connectivity index (χ0v) is 10.0. The maximum Gasteiger partial charge on any atom is 0.0589 e. The van der Waals surface area contributed by atoms with Gasteiger partial charge in [0.05, 0.1) is 26.4 Å². The minimum atomic E-state index is -0.150. The first kappa shape index (κ1) is 13.9. The van der Waals surface area contributed by atoms with E-state index in [1.54, 1.807) is 7.11 Å². The van der Waals surface area contributed by atoms with E-state index in [0.29, 0.717) is 19.8 Å². The molecule has 0 radical (unpaired) electrons.